The maximum Gasteiger partial charge on any atom is 0.255 e. The maximum absolute atomic E-state index is 12.7. The van der Waals surface area contributed by atoms with Crippen molar-refractivity contribution in [2.45, 2.75) is 26.3 Å². The number of hydrogen-bond acceptors (Lipinski definition) is 3. The minimum atomic E-state index is -0.239. The fourth-order valence-electron chi connectivity index (χ4n) is 2.90. The van der Waals surface area contributed by atoms with Gasteiger partial charge in [-0.05, 0) is 53.4 Å². The van der Waals surface area contributed by atoms with Crippen molar-refractivity contribution in [2.24, 2.45) is 0 Å². The molecule has 5 nitrogen and oxygen atoms in total. The molecular formula is C23H23N3O2. The standard InChI is InChI=1S/C23H23N3O2/c1-16(2)20-8-3-4-9-21(20)26-23(28)19-7-5-6-18(14-19)22(27)25-15-17-10-12-24-13-11-17/h3-14,16H,15H2,1-2H3,(H,25,27)(H,26,28). The van der Waals surface area contributed by atoms with Crippen molar-refractivity contribution in [1.29, 1.82) is 0 Å². The molecule has 2 aromatic carbocycles. The van der Waals surface area contributed by atoms with Gasteiger partial charge < -0.3 is 10.6 Å². The van der Waals surface area contributed by atoms with E-state index in [4.69, 9.17) is 0 Å². The van der Waals surface area contributed by atoms with Crippen LogP contribution < -0.4 is 10.6 Å². The Morgan fingerprint density at radius 1 is 0.893 bits per heavy atom. The lowest BCUT2D eigenvalue weighted by molar-refractivity contribution is 0.0951. The Kier molecular flexibility index (Phi) is 6.17. The van der Waals surface area contributed by atoms with Gasteiger partial charge in [-0.1, -0.05) is 38.1 Å². The normalized spacial score (nSPS) is 10.5. The molecule has 0 radical (unpaired) electrons. The Balaban J connectivity index is 1.70. The second kappa shape index (κ2) is 8.95. The van der Waals surface area contributed by atoms with Crippen molar-refractivity contribution in [3.63, 3.8) is 0 Å². The average molecular weight is 373 g/mol. The van der Waals surface area contributed by atoms with Crippen LogP contribution in [0.1, 0.15) is 51.6 Å². The highest BCUT2D eigenvalue weighted by molar-refractivity contribution is 6.06. The monoisotopic (exact) mass is 373 g/mol. The van der Waals surface area contributed by atoms with Gasteiger partial charge in [0.25, 0.3) is 11.8 Å². The highest BCUT2D eigenvalue weighted by atomic mass is 16.2. The number of carbonyl (C=O) groups is 2. The number of amides is 2. The first-order valence-electron chi connectivity index (χ1n) is 9.22. The van der Waals surface area contributed by atoms with E-state index in [1.807, 2.05) is 36.4 Å². The molecule has 0 saturated carbocycles. The number of rotatable bonds is 6. The van der Waals surface area contributed by atoms with Crippen LogP contribution in [0.3, 0.4) is 0 Å². The predicted molar refractivity (Wildman–Crippen MR) is 110 cm³/mol. The van der Waals surface area contributed by atoms with Gasteiger partial charge in [-0.15, -0.1) is 0 Å². The summed E-state index contributed by atoms with van der Waals surface area (Å²) < 4.78 is 0. The van der Waals surface area contributed by atoms with Crippen LogP contribution in [0.4, 0.5) is 5.69 Å². The van der Waals surface area contributed by atoms with E-state index in [9.17, 15) is 9.59 Å². The molecule has 1 heterocycles. The molecule has 0 unspecified atom stereocenters. The van der Waals surface area contributed by atoms with Crippen molar-refractivity contribution >= 4 is 17.5 Å². The molecule has 0 aliphatic heterocycles. The van der Waals surface area contributed by atoms with Crippen LogP contribution in [0.5, 0.6) is 0 Å². The van der Waals surface area contributed by atoms with Crippen LogP contribution in [-0.2, 0) is 6.54 Å². The van der Waals surface area contributed by atoms with E-state index >= 15 is 0 Å². The Hall–Kier alpha value is -3.47. The summed E-state index contributed by atoms with van der Waals surface area (Å²) in [6, 6.07) is 18.1. The minimum absolute atomic E-state index is 0.228. The second-order valence-electron chi connectivity index (χ2n) is 6.82. The van der Waals surface area contributed by atoms with E-state index in [1.165, 1.54) is 0 Å². The van der Waals surface area contributed by atoms with E-state index in [0.29, 0.717) is 23.6 Å². The number of pyridine rings is 1. The van der Waals surface area contributed by atoms with Gasteiger partial charge >= 0.3 is 0 Å². The fraction of sp³-hybridized carbons (Fsp3) is 0.174. The van der Waals surface area contributed by atoms with Crippen LogP contribution in [-0.4, -0.2) is 16.8 Å². The van der Waals surface area contributed by atoms with E-state index in [2.05, 4.69) is 29.5 Å². The van der Waals surface area contributed by atoms with Crippen LogP contribution >= 0.6 is 0 Å². The van der Waals surface area contributed by atoms with Gasteiger partial charge in [-0.25, -0.2) is 0 Å². The van der Waals surface area contributed by atoms with Crippen molar-refractivity contribution < 1.29 is 9.59 Å². The molecule has 2 amide bonds. The molecule has 0 spiro atoms. The summed E-state index contributed by atoms with van der Waals surface area (Å²) in [6.45, 7) is 4.57. The van der Waals surface area contributed by atoms with Crippen molar-refractivity contribution in [3.05, 3.63) is 95.3 Å². The van der Waals surface area contributed by atoms with Crippen LogP contribution in [0.2, 0.25) is 0 Å². The van der Waals surface area contributed by atoms with Gasteiger partial charge in [0.05, 0.1) is 0 Å². The van der Waals surface area contributed by atoms with E-state index in [0.717, 1.165) is 16.8 Å². The molecule has 2 N–H and O–H groups in total. The molecule has 5 heteroatoms. The molecule has 0 fully saturated rings. The zero-order valence-electron chi connectivity index (χ0n) is 16.0. The van der Waals surface area contributed by atoms with E-state index in [1.54, 1.807) is 36.7 Å². The quantitative estimate of drug-likeness (QED) is 0.673. The van der Waals surface area contributed by atoms with Gasteiger partial charge in [0.15, 0.2) is 0 Å². The largest absolute Gasteiger partial charge is 0.348 e. The fourth-order valence-corrected chi connectivity index (χ4v) is 2.90. The van der Waals surface area contributed by atoms with E-state index in [-0.39, 0.29) is 11.8 Å². The van der Waals surface area contributed by atoms with Gasteiger partial charge in [-0.3, -0.25) is 14.6 Å². The van der Waals surface area contributed by atoms with Crippen LogP contribution in [0, 0.1) is 0 Å². The molecule has 0 bridgehead atoms. The number of nitrogens with one attached hydrogen (secondary N) is 2. The number of para-hydroxylation sites is 1. The summed E-state index contributed by atoms with van der Waals surface area (Å²) in [7, 11) is 0. The number of hydrogen-bond donors (Lipinski definition) is 2. The zero-order chi connectivity index (χ0) is 19.9. The van der Waals surface area contributed by atoms with Crippen LogP contribution in [0.15, 0.2) is 73.1 Å². The lowest BCUT2D eigenvalue weighted by Crippen LogP contribution is -2.23. The number of carbonyl (C=O) groups excluding carboxylic acids is 2. The maximum atomic E-state index is 12.7. The van der Waals surface area contributed by atoms with E-state index < -0.39 is 0 Å². The number of benzene rings is 2. The molecule has 142 valence electrons. The van der Waals surface area contributed by atoms with Gasteiger partial charge in [0.2, 0.25) is 0 Å². The van der Waals surface area contributed by atoms with Crippen molar-refractivity contribution in [3.8, 4) is 0 Å². The Bertz CT molecular complexity index is 968. The molecule has 0 aliphatic carbocycles. The first kappa shape index (κ1) is 19.3. The first-order valence-corrected chi connectivity index (χ1v) is 9.22. The molecule has 0 saturated heterocycles. The third kappa shape index (κ3) is 4.82. The summed E-state index contributed by atoms with van der Waals surface area (Å²) in [5.41, 5.74) is 3.70. The summed E-state index contributed by atoms with van der Waals surface area (Å²) in [4.78, 5) is 29.1. The Morgan fingerprint density at radius 2 is 1.57 bits per heavy atom. The summed E-state index contributed by atoms with van der Waals surface area (Å²) in [5, 5.41) is 5.81. The zero-order valence-corrected chi connectivity index (χ0v) is 16.0. The molecule has 0 atom stereocenters. The molecule has 3 aromatic rings. The van der Waals surface area contributed by atoms with Crippen molar-refractivity contribution in [2.75, 3.05) is 5.32 Å². The lowest BCUT2D eigenvalue weighted by atomic mass is 10.0. The van der Waals surface area contributed by atoms with Gasteiger partial charge in [0.1, 0.15) is 0 Å². The first-order chi connectivity index (χ1) is 13.5. The predicted octanol–water partition coefficient (Wildman–Crippen LogP) is 4.39. The highest BCUT2D eigenvalue weighted by Gasteiger charge is 2.13. The molecular weight excluding hydrogens is 350 g/mol. The second-order valence-corrected chi connectivity index (χ2v) is 6.82. The number of aromatic nitrogens is 1. The Labute approximate surface area is 164 Å². The SMILES string of the molecule is CC(C)c1ccccc1NC(=O)c1cccc(C(=O)NCc2ccncc2)c1. The van der Waals surface area contributed by atoms with Gasteiger partial charge in [0, 0.05) is 35.8 Å². The average Bonchev–Trinajstić information content (AvgIpc) is 2.73. The summed E-state index contributed by atoms with van der Waals surface area (Å²) in [6.07, 6.45) is 3.36. The minimum Gasteiger partial charge on any atom is -0.348 e. The van der Waals surface area contributed by atoms with Crippen LogP contribution in [0.25, 0.3) is 0 Å². The smallest absolute Gasteiger partial charge is 0.255 e. The third-order valence-corrected chi connectivity index (χ3v) is 4.42. The highest BCUT2D eigenvalue weighted by Crippen LogP contribution is 2.24. The topological polar surface area (TPSA) is 71.1 Å². The molecule has 0 aliphatic rings. The lowest BCUT2D eigenvalue weighted by Gasteiger charge is -2.14. The molecule has 1 aromatic heterocycles. The number of nitrogens with zero attached hydrogens (tertiary/aromatic N) is 1. The summed E-state index contributed by atoms with van der Waals surface area (Å²) in [5.74, 6) is -0.173. The molecule has 3 rings (SSSR count). The summed E-state index contributed by atoms with van der Waals surface area (Å²) >= 11 is 0. The van der Waals surface area contributed by atoms with Gasteiger partial charge in [-0.2, -0.15) is 0 Å². The molecule has 28 heavy (non-hydrogen) atoms. The number of anilines is 1. The third-order valence-electron chi connectivity index (χ3n) is 4.42. The van der Waals surface area contributed by atoms with Crippen molar-refractivity contribution in [1.82, 2.24) is 10.3 Å². The Morgan fingerprint density at radius 3 is 2.29 bits per heavy atom.